The Morgan fingerprint density at radius 1 is 1.21 bits per heavy atom. The highest BCUT2D eigenvalue weighted by atomic mass is 19.1. The zero-order valence-corrected chi connectivity index (χ0v) is 7.54. The Bertz CT molecular complexity index is 317. The van der Waals surface area contributed by atoms with Gasteiger partial charge in [-0.3, -0.25) is 0 Å². The summed E-state index contributed by atoms with van der Waals surface area (Å²) in [6.45, 7) is 0. The molecule has 0 bridgehead atoms. The normalized spacial score (nSPS) is 25.6. The number of hydrogen-bond acceptors (Lipinski definition) is 2. The summed E-state index contributed by atoms with van der Waals surface area (Å²) in [4.78, 5) is 0. The lowest BCUT2D eigenvalue weighted by atomic mass is 9.90. The van der Waals surface area contributed by atoms with Crippen LogP contribution in [0.5, 0.6) is 5.75 Å². The van der Waals surface area contributed by atoms with E-state index in [1.165, 1.54) is 18.2 Å². The van der Waals surface area contributed by atoms with E-state index in [0.29, 0.717) is 12.8 Å². The molecule has 1 aliphatic carbocycles. The molecular weight excluding hydrogens is 188 g/mol. The van der Waals surface area contributed by atoms with E-state index in [9.17, 15) is 8.78 Å². The van der Waals surface area contributed by atoms with Crippen LogP contribution in [0.1, 0.15) is 12.8 Å². The van der Waals surface area contributed by atoms with Gasteiger partial charge in [0.05, 0.1) is 0 Å². The fourth-order valence-electron chi connectivity index (χ4n) is 1.46. The van der Waals surface area contributed by atoms with Crippen molar-refractivity contribution in [3.05, 3.63) is 29.8 Å². The highest BCUT2D eigenvalue weighted by molar-refractivity contribution is 5.26. The van der Waals surface area contributed by atoms with Crippen LogP contribution in [0.15, 0.2) is 18.2 Å². The Morgan fingerprint density at radius 3 is 2.29 bits per heavy atom. The van der Waals surface area contributed by atoms with Crippen molar-refractivity contribution in [2.75, 3.05) is 0 Å². The van der Waals surface area contributed by atoms with Crippen molar-refractivity contribution in [3.8, 4) is 5.75 Å². The van der Waals surface area contributed by atoms with Gasteiger partial charge in [-0.1, -0.05) is 6.07 Å². The highest BCUT2D eigenvalue weighted by Gasteiger charge is 2.29. The van der Waals surface area contributed by atoms with Gasteiger partial charge in [-0.2, -0.15) is 0 Å². The Morgan fingerprint density at radius 2 is 1.79 bits per heavy atom. The summed E-state index contributed by atoms with van der Waals surface area (Å²) in [5.74, 6) is -1.61. The molecule has 76 valence electrons. The maximum Gasteiger partial charge on any atom is 0.191 e. The van der Waals surface area contributed by atoms with Gasteiger partial charge in [-0.15, -0.1) is 0 Å². The fourth-order valence-corrected chi connectivity index (χ4v) is 1.46. The maximum absolute atomic E-state index is 13.1. The van der Waals surface area contributed by atoms with E-state index in [2.05, 4.69) is 0 Å². The van der Waals surface area contributed by atoms with E-state index in [-0.39, 0.29) is 17.9 Å². The number of rotatable bonds is 2. The fraction of sp³-hybridized carbons (Fsp3) is 0.400. The average Bonchev–Trinajstić information content (AvgIpc) is 2.08. The van der Waals surface area contributed by atoms with E-state index >= 15 is 0 Å². The Labute approximate surface area is 80.7 Å². The number of nitrogens with two attached hydrogens (primary N) is 1. The molecule has 0 spiro atoms. The molecule has 0 saturated heterocycles. The van der Waals surface area contributed by atoms with Crippen molar-refractivity contribution in [1.29, 1.82) is 0 Å². The third-order valence-corrected chi connectivity index (χ3v) is 2.33. The van der Waals surface area contributed by atoms with Crippen molar-refractivity contribution in [2.45, 2.75) is 25.0 Å². The van der Waals surface area contributed by atoms with Crippen LogP contribution in [0.2, 0.25) is 0 Å². The summed E-state index contributed by atoms with van der Waals surface area (Å²) in [6.07, 6.45) is 1.18. The molecule has 1 aromatic carbocycles. The predicted octanol–water partition coefficient (Wildman–Crippen LogP) is 1.83. The summed E-state index contributed by atoms with van der Waals surface area (Å²) in [6, 6.07) is 3.77. The van der Waals surface area contributed by atoms with Crippen LogP contribution in [0.25, 0.3) is 0 Å². The van der Waals surface area contributed by atoms with Gasteiger partial charge in [0.1, 0.15) is 6.10 Å². The minimum Gasteiger partial charge on any atom is -0.484 e. The SMILES string of the molecule is NC1CC(Oc2c(F)cccc2F)C1. The lowest BCUT2D eigenvalue weighted by Gasteiger charge is -2.32. The van der Waals surface area contributed by atoms with Gasteiger partial charge in [0.15, 0.2) is 17.4 Å². The Kier molecular flexibility index (Phi) is 2.37. The van der Waals surface area contributed by atoms with Crippen LogP contribution in [-0.2, 0) is 0 Å². The van der Waals surface area contributed by atoms with Crippen molar-refractivity contribution in [2.24, 2.45) is 5.73 Å². The summed E-state index contributed by atoms with van der Waals surface area (Å²) < 4.78 is 31.3. The zero-order chi connectivity index (χ0) is 10.1. The molecular formula is C10H11F2NO. The molecule has 1 fully saturated rings. The molecule has 2 rings (SSSR count). The first kappa shape index (κ1) is 9.40. The molecule has 14 heavy (non-hydrogen) atoms. The summed E-state index contributed by atoms with van der Waals surface area (Å²) >= 11 is 0. The second-order valence-electron chi connectivity index (χ2n) is 3.52. The number of hydrogen-bond donors (Lipinski definition) is 1. The highest BCUT2D eigenvalue weighted by Crippen LogP contribution is 2.28. The second-order valence-corrected chi connectivity index (χ2v) is 3.52. The lowest BCUT2D eigenvalue weighted by molar-refractivity contribution is 0.0913. The predicted molar refractivity (Wildman–Crippen MR) is 48.0 cm³/mol. The summed E-state index contributed by atoms with van der Waals surface area (Å²) in [5, 5.41) is 0. The van der Waals surface area contributed by atoms with Crippen LogP contribution in [0, 0.1) is 11.6 Å². The molecule has 2 N–H and O–H groups in total. The van der Waals surface area contributed by atoms with Crippen molar-refractivity contribution >= 4 is 0 Å². The number of para-hydroxylation sites is 1. The van der Waals surface area contributed by atoms with Gasteiger partial charge in [-0.05, 0) is 25.0 Å². The zero-order valence-electron chi connectivity index (χ0n) is 7.54. The monoisotopic (exact) mass is 199 g/mol. The third-order valence-electron chi connectivity index (χ3n) is 2.33. The largest absolute Gasteiger partial charge is 0.484 e. The maximum atomic E-state index is 13.1. The van der Waals surface area contributed by atoms with E-state index in [4.69, 9.17) is 10.5 Å². The Balaban J connectivity index is 2.09. The molecule has 1 aliphatic rings. The molecule has 0 aliphatic heterocycles. The van der Waals surface area contributed by atoms with Gasteiger partial charge in [0.2, 0.25) is 0 Å². The summed E-state index contributed by atoms with van der Waals surface area (Å²) in [5.41, 5.74) is 5.53. The Hall–Kier alpha value is -1.16. The van der Waals surface area contributed by atoms with Crippen LogP contribution in [0.4, 0.5) is 8.78 Å². The van der Waals surface area contributed by atoms with Crippen molar-refractivity contribution < 1.29 is 13.5 Å². The minimum absolute atomic E-state index is 0.106. The first-order chi connectivity index (χ1) is 6.66. The van der Waals surface area contributed by atoms with Crippen LogP contribution in [0.3, 0.4) is 0 Å². The molecule has 1 saturated carbocycles. The molecule has 0 aromatic heterocycles. The number of halogens is 2. The molecule has 0 heterocycles. The van der Waals surface area contributed by atoms with E-state index in [1.807, 2.05) is 0 Å². The summed E-state index contributed by atoms with van der Waals surface area (Å²) in [7, 11) is 0. The van der Waals surface area contributed by atoms with Crippen LogP contribution < -0.4 is 10.5 Å². The molecule has 0 radical (unpaired) electrons. The molecule has 4 heteroatoms. The van der Waals surface area contributed by atoms with E-state index < -0.39 is 11.6 Å². The third kappa shape index (κ3) is 1.70. The number of benzene rings is 1. The lowest BCUT2D eigenvalue weighted by Crippen LogP contribution is -2.43. The van der Waals surface area contributed by atoms with Gasteiger partial charge in [-0.25, -0.2) is 8.78 Å². The topological polar surface area (TPSA) is 35.2 Å². The quantitative estimate of drug-likeness (QED) is 0.788. The van der Waals surface area contributed by atoms with Gasteiger partial charge in [0, 0.05) is 6.04 Å². The average molecular weight is 199 g/mol. The standard InChI is InChI=1S/C10H11F2NO/c11-8-2-1-3-9(12)10(8)14-7-4-6(13)5-7/h1-3,6-7H,4-5,13H2. The molecule has 0 unspecified atom stereocenters. The molecule has 2 nitrogen and oxygen atoms in total. The van der Waals surface area contributed by atoms with Crippen LogP contribution in [-0.4, -0.2) is 12.1 Å². The smallest absolute Gasteiger partial charge is 0.191 e. The minimum atomic E-state index is -0.662. The molecule has 0 atom stereocenters. The molecule has 1 aromatic rings. The first-order valence-corrected chi connectivity index (χ1v) is 4.53. The van der Waals surface area contributed by atoms with E-state index in [1.54, 1.807) is 0 Å². The van der Waals surface area contributed by atoms with Crippen LogP contribution >= 0.6 is 0 Å². The van der Waals surface area contributed by atoms with Crippen molar-refractivity contribution in [3.63, 3.8) is 0 Å². The molecule has 0 amide bonds. The van der Waals surface area contributed by atoms with Gasteiger partial charge >= 0.3 is 0 Å². The number of ether oxygens (including phenoxy) is 1. The van der Waals surface area contributed by atoms with Crippen molar-refractivity contribution in [1.82, 2.24) is 0 Å². The first-order valence-electron chi connectivity index (χ1n) is 4.53. The van der Waals surface area contributed by atoms with Gasteiger partial charge < -0.3 is 10.5 Å². The van der Waals surface area contributed by atoms with Gasteiger partial charge in [0.25, 0.3) is 0 Å². The second kappa shape index (κ2) is 3.53. The van der Waals surface area contributed by atoms with E-state index in [0.717, 1.165) is 0 Å².